The number of nitrogens with one attached hydrogen (secondary N) is 1. The zero-order chi connectivity index (χ0) is 9.52. The molecular formula is C11H13NO. The molecule has 0 aromatic heterocycles. The largest absolute Gasteiger partial charge is 0.387 e. The van der Waals surface area contributed by atoms with Gasteiger partial charge in [-0.25, -0.2) is 0 Å². The number of rotatable bonds is 4. The second kappa shape index (κ2) is 5.36. The van der Waals surface area contributed by atoms with Gasteiger partial charge in [0, 0.05) is 6.54 Å². The first-order valence-electron chi connectivity index (χ1n) is 4.22. The molecule has 0 radical (unpaired) electrons. The summed E-state index contributed by atoms with van der Waals surface area (Å²) in [5.74, 6) is 2.45. The lowest BCUT2D eigenvalue weighted by molar-refractivity contribution is 0.176. The summed E-state index contributed by atoms with van der Waals surface area (Å²) in [6, 6.07) is 9.51. The molecule has 1 aromatic rings. The lowest BCUT2D eigenvalue weighted by atomic mass is 10.1. The molecule has 1 aromatic carbocycles. The first kappa shape index (κ1) is 9.79. The topological polar surface area (TPSA) is 32.3 Å². The fourth-order valence-electron chi connectivity index (χ4n) is 1.07. The van der Waals surface area contributed by atoms with Crippen molar-refractivity contribution in [2.75, 3.05) is 13.1 Å². The molecule has 0 aliphatic carbocycles. The average molecular weight is 175 g/mol. The summed E-state index contributed by atoms with van der Waals surface area (Å²) < 4.78 is 0. The van der Waals surface area contributed by atoms with Gasteiger partial charge in [-0.15, -0.1) is 6.42 Å². The lowest BCUT2D eigenvalue weighted by Gasteiger charge is -2.10. The third kappa shape index (κ3) is 3.29. The van der Waals surface area contributed by atoms with Crippen molar-refractivity contribution in [1.82, 2.24) is 5.32 Å². The fourth-order valence-corrected chi connectivity index (χ4v) is 1.07. The molecule has 13 heavy (non-hydrogen) atoms. The summed E-state index contributed by atoms with van der Waals surface area (Å²) in [4.78, 5) is 0. The van der Waals surface area contributed by atoms with Gasteiger partial charge < -0.3 is 10.4 Å². The number of aliphatic hydroxyl groups excluding tert-OH is 1. The van der Waals surface area contributed by atoms with Gasteiger partial charge in [0.25, 0.3) is 0 Å². The van der Waals surface area contributed by atoms with E-state index in [1.165, 1.54) is 0 Å². The Morgan fingerprint density at radius 2 is 2.08 bits per heavy atom. The quantitative estimate of drug-likeness (QED) is 0.527. The maximum Gasteiger partial charge on any atom is 0.0914 e. The van der Waals surface area contributed by atoms with Crippen LogP contribution in [0.25, 0.3) is 0 Å². The molecule has 1 rings (SSSR count). The highest BCUT2D eigenvalue weighted by atomic mass is 16.3. The van der Waals surface area contributed by atoms with Crippen LogP contribution in [0.3, 0.4) is 0 Å². The summed E-state index contributed by atoms with van der Waals surface area (Å²) in [5, 5.41) is 12.6. The van der Waals surface area contributed by atoms with E-state index >= 15 is 0 Å². The number of hydrogen-bond acceptors (Lipinski definition) is 2. The van der Waals surface area contributed by atoms with Gasteiger partial charge in [-0.3, -0.25) is 0 Å². The Balaban J connectivity index is 2.41. The highest BCUT2D eigenvalue weighted by molar-refractivity contribution is 5.17. The van der Waals surface area contributed by atoms with Gasteiger partial charge in [0.05, 0.1) is 12.6 Å². The van der Waals surface area contributed by atoms with Crippen LogP contribution in [0.1, 0.15) is 11.7 Å². The van der Waals surface area contributed by atoms with Gasteiger partial charge >= 0.3 is 0 Å². The molecule has 0 amide bonds. The Hall–Kier alpha value is -1.30. The van der Waals surface area contributed by atoms with E-state index in [0.717, 1.165) is 5.56 Å². The SMILES string of the molecule is C#CCNC[C@@H](O)c1ccccc1. The van der Waals surface area contributed by atoms with Gasteiger partial charge in [-0.05, 0) is 5.56 Å². The molecule has 0 saturated carbocycles. The van der Waals surface area contributed by atoms with E-state index in [9.17, 15) is 5.11 Å². The molecule has 1 atom stereocenters. The number of hydrogen-bond donors (Lipinski definition) is 2. The Kier molecular flexibility index (Phi) is 4.04. The second-order valence-electron chi connectivity index (χ2n) is 2.76. The van der Waals surface area contributed by atoms with Crippen LogP contribution in [0.4, 0.5) is 0 Å². The predicted molar refractivity (Wildman–Crippen MR) is 53.1 cm³/mol. The van der Waals surface area contributed by atoms with E-state index in [4.69, 9.17) is 6.42 Å². The van der Waals surface area contributed by atoms with Crippen molar-refractivity contribution < 1.29 is 5.11 Å². The van der Waals surface area contributed by atoms with Crippen molar-refractivity contribution in [2.45, 2.75) is 6.10 Å². The van der Waals surface area contributed by atoms with Crippen LogP contribution in [0.2, 0.25) is 0 Å². The molecule has 0 unspecified atom stereocenters. The van der Waals surface area contributed by atoms with Crippen LogP contribution in [0.5, 0.6) is 0 Å². The van der Waals surface area contributed by atoms with Crippen molar-refractivity contribution >= 4 is 0 Å². The molecule has 0 spiro atoms. The highest BCUT2D eigenvalue weighted by Crippen LogP contribution is 2.09. The second-order valence-corrected chi connectivity index (χ2v) is 2.76. The minimum absolute atomic E-state index is 0.477. The normalized spacial score (nSPS) is 12.0. The van der Waals surface area contributed by atoms with Crippen LogP contribution in [-0.2, 0) is 0 Å². The van der Waals surface area contributed by atoms with Crippen LogP contribution in [0.15, 0.2) is 30.3 Å². The number of terminal acetylenes is 1. The first-order chi connectivity index (χ1) is 6.34. The Morgan fingerprint density at radius 1 is 1.38 bits per heavy atom. The lowest BCUT2D eigenvalue weighted by Crippen LogP contribution is -2.21. The monoisotopic (exact) mass is 175 g/mol. The minimum atomic E-state index is -0.477. The van der Waals surface area contributed by atoms with Crippen LogP contribution in [-0.4, -0.2) is 18.2 Å². The van der Waals surface area contributed by atoms with Crippen LogP contribution < -0.4 is 5.32 Å². The maximum atomic E-state index is 9.62. The summed E-state index contributed by atoms with van der Waals surface area (Å²) in [6.45, 7) is 0.984. The van der Waals surface area contributed by atoms with Gasteiger partial charge in [-0.1, -0.05) is 36.3 Å². The van der Waals surface area contributed by atoms with E-state index in [2.05, 4.69) is 11.2 Å². The van der Waals surface area contributed by atoms with E-state index < -0.39 is 6.10 Å². The van der Waals surface area contributed by atoms with E-state index in [0.29, 0.717) is 13.1 Å². The molecular weight excluding hydrogens is 162 g/mol. The number of benzene rings is 1. The van der Waals surface area contributed by atoms with Crippen molar-refractivity contribution in [3.8, 4) is 12.3 Å². The average Bonchev–Trinajstić information content (AvgIpc) is 2.19. The smallest absolute Gasteiger partial charge is 0.0914 e. The molecule has 0 saturated heterocycles. The van der Waals surface area contributed by atoms with Gasteiger partial charge in [0.2, 0.25) is 0 Å². The summed E-state index contributed by atoms with van der Waals surface area (Å²) in [6.07, 6.45) is 4.58. The third-order valence-electron chi connectivity index (χ3n) is 1.75. The summed E-state index contributed by atoms with van der Waals surface area (Å²) >= 11 is 0. The van der Waals surface area contributed by atoms with E-state index in [1.807, 2.05) is 30.3 Å². The summed E-state index contributed by atoms with van der Waals surface area (Å²) in [7, 11) is 0. The Labute approximate surface area is 78.6 Å². The van der Waals surface area contributed by atoms with Crippen molar-refractivity contribution in [3.63, 3.8) is 0 Å². The van der Waals surface area contributed by atoms with E-state index in [-0.39, 0.29) is 0 Å². The Morgan fingerprint density at radius 3 is 2.69 bits per heavy atom. The standard InChI is InChI=1S/C11H13NO/c1-2-8-12-9-11(13)10-6-4-3-5-7-10/h1,3-7,11-13H,8-9H2/t11-/m1/s1. The van der Waals surface area contributed by atoms with Crippen LogP contribution >= 0.6 is 0 Å². The molecule has 0 bridgehead atoms. The third-order valence-corrected chi connectivity index (χ3v) is 1.75. The van der Waals surface area contributed by atoms with E-state index in [1.54, 1.807) is 0 Å². The van der Waals surface area contributed by atoms with Crippen molar-refractivity contribution in [3.05, 3.63) is 35.9 Å². The van der Waals surface area contributed by atoms with Crippen molar-refractivity contribution in [1.29, 1.82) is 0 Å². The first-order valence-corrected chi connectivity index (χ1v) is 4.22. The molecule has 0 fully saturated rings. The zero-order valence-corrected chi connectivity index (χ0v) is 7.40. The molecule has 0 heterocycles. The maximum absolute atomic E-state index is 9.62. The molecule has 0 aliphatic rings. The minimum Gasteiger partial charge on any atom is -0.387 e. The highest BCUT2D eigenvalue weighted by Gasteiger charge is 2.04. The fraction of sp³-hybridized carbons (Fsp3) is 0.273. The van der Waals surface area contributed by atoms with Gasteiger partial charge in [0.1, 0.15) is 0 Å². The summed E-state index contributed by atoms with van der Waals surface area (Å²) in [5.41, 5.74) is 0.909. The van der Waals surface area contributed by atoms with Gasteiger partial charge in [0.15, 0.2) is 0 Å². The molecule has 0 aliphatic heterocycles. The molecule has 2 heteroatoms. The molecule has 2 nitrogen and oxygen atoms in total. The predicted octanol–water partition coefficient (Wildman–Crippen LogP) is 0.943. The Bertz CT molecular complexity index is 276. The molecule has 68 valence electrons. The number of aliphatic hydroxyl groups is 1. The van der Waals surface area contributed by atoms with Crippen LogP contribution in [0, 0.1) is 12.3 Å². The zero-order valence-electron chi connectivity index (χ0n) is 7.40. The van der Waals surface area contributed by atoms with Gasteiger partial charge in [-0.2, -0.15) is 0 Å². The molecule has 2 N–H and O–H groups in total. The van der Waals surface area contributed by atoms with Crippen molar-refractivity contribution in [2.24, 2.45) is 0 Å².